The van der Waals surface area contributed by atoms with Gasteiger partial charge in [0.05, 0.1) is 6.54 Å². The zero-order valence-corrected chi connectivity index (χ0v) is 20.5. The van der Waals surface area contributed by atoms with Crippen LogP contribution in [0.5, 0.6) is 0 Å². The maximum atomic E-state index is 13.4. The maximum Gasteiger partial charge on any atom is 0.317 e. The lowest BCUT2D eigenvalue weighted by Crippen LogP contribution is -2.47. The van der Waals surface area contributed by atoms with E-state index in [9.17, 15) is 9.59 Å². The fourth-order valence-corrected chi connectivity index (χ4v) is 4.20. The predicted octanol–water partition coefficient (Wildman–Crippen LogP) is 4.82. The topological polar surface area (TPSA) is 61.9 Å². The number of thiophene rings is 1. The van der Waals surface area contributed by atoms with Gasteiger partial charge in [-0.2, -0.15) is 0 Å². The molecule has 1 aromatic heterocycles. The van der Waals surface area contributed by atoms with Gasteiger partial charge < -0.3 is 19.9 Å². The average Bonchev–Trinajstić information content (AvgIpc) is 3.20. The lowest BCUT2D eigenvalue weighted by atomic mass is 10.2. The minimum atomic E-state index is -0.185. The largest absolute Gasteiger partial charge is 0.382 e. The average molecular weight is 460 g/mol. The molecule has 0 spiro atoms. The van der Waals surface area contributed by atoms with Gasteiger partial charge in [-0.15, -0.1) is 11.3 Å². The van der Waals surface area contributed by atoms with Crippen LogP contribution in [0.25, 0.3) is 0 Å². The molecule has 0 aliphatic carbocycles. The zero-order valence-electron chi connectivity index (χ0n) is 19.6. The molecular formula is C25H37N3O3S. The summed E-state index contributed by atoms with van der Waals surface area (Å²) in [6, 6.07) is 11.9. The first-order valence-corrected chi connectivity index (χ1v) is 12.4. The number of carbonyl (C=O) groups is 2. The van der Waals surface area contributed by atoms with Gasteiger partial charge in [0.1, 0.15) is 6.54 Å². The summed E-state index contributed by atoms with van der Waals surface area (Å²) in [5.41, 5.74) is 2.26. The fraction of sp³-hybridized carbons (Fsp3) is 0.520. The Morgan fingerprint density at radius 2 is 1.81 bits per heavy atom. The number of urea groups is 1. The van der Waals surface area contributed by atoms with E-state index < -0.39 is 0 Å². The molecule has 2 aromatic rings. The van der Waals surface area contributed by atoms with Crippen molar-refractivity contribution in [2.45, 2.75) is 53.1 Å². The van der Waals surface area contributed by atoms with Gasteiger partial charge in [0.25, 0.3) is 0 Å². The number of nitrogens with zero attached hydrogens (tertiary/aromatic N) is 2. The Hall–Kier alpha value is -2.38. The van der Waals surface area contributed by atoms with E-state index in [-0.39, 0.29) is 18.5 Å². The highest BCUT2D eigenvalue weighted by Crippen LogP contribution is 2.19. The molecule has 1 heterocycles. The summed E-state index contributed by atoms with van der Waals surface area (Å²) in [5.74, 6) is -0.0521. The molecule has 6 nitrogen and oxygen atoms in total. The molecule has 0 aliphatic rings. The highest BCUT2D eigenvalue weighted by Gasteiger charge is 2.22. The van der Waals surface area contributed by atoms with Gasteiger partial charge in [-0.05, 0) is 49.3 Å². The lowest BCUT2D eigenvalue weighted by Gasteiger charge is -2.28. The van der Waals surface area contributed by atoms with E-state index in [4.69, 9.17) is 4.74 Å². The van der Waals surface area contributed by atoms with Crippen molar-refractivity contribution in [3.05, 3.63) is 57.8 Å². The van der Waals surface area contributed by atoms with E-state index in [1.54, 1.807) is 16.2 Å². The van der Waals surface area contributed by atoms with Crippen molar-refractivity contribution in [2.24, 2.45) is 0 Å². The summed E-state index contributed by atoms with van der Waals surface area (Å²) in [6.07, 6.45) is 2.63. The van der Waals surface area contributed by atoms with Crippen LogP contribution < -0.4 is 5.32 Å². The molecule has 176 valence electrons. The van der Waals surface area contributed by atoms with Crippen LogP contribution in [-0.4, -0.2) is 54.6 Å². The van der Waals surface area contributed by atoms with Crippen LogP contribution in [0.1, 0.15) is 49.1 Å². The molecule has 0 aliphatic heterocycles. The number of ether oxygens (including phenoxy) is 1. The van der Waals surface area contributed by atoms with E-state index in [1.807, 2.05) is 42.2 Å². The monoisotopic (exact) mass is 459 g/mol. The van der Waals surface area contributed by atoms with E-state index >= 15 is 0 Å². The van der Waals surface area contributed by atoms with Gasteiger partial charge >= 0.3 is 6.03 Å². The van der Waals surface area contributed by atoms with Crippen molar-refractivity contribution >= 4 is 23.3 Å². The predicted molar refractivity (Wildman–Crippen MR) is 131 cm³/mol. The smallest absolute Gasteiger partial charge is 0.317 e. The third-order valence-corrected chi connectivity index (χ3v) is 6.22. The van der Waals surface area contributed by atoms with Gasteiger partial charge in [0.15, 0.2) is 0 Å². The Bertz CT molecular complexity index is 810. The Labute approximate surface area is 196 Å². The highest BCUT2D eigenvalue weighted by atomic mass is 32.1. The second-order valence-electron chi connectivity index (χ2n) is 7.82. The summed E-state index contributed by atoms with van der Waals surface area (Å²) in [4.78, 5) is 30.8. The molecule has 0 atom stereocenters. The van der Waals surface area contributed by atoms with Gasteiger partial charge in [-0.3, -0.25) is 4.79 Å². The molecule has 32 heavy (non-hydrogen) atoms. The standard InChI is InChI=1S/C25H37N3O3S/c1-4-6-14-26-25(30)27(15-10-16-31-5-2)20-24(29)28(18-22-11-8-7-9-12-22)19-23-21(3)13-17-32-23/h7-9,11-13,17H,4-6,10,14-16,18-20H2,1-3H3,(H,26,30). The molecule has 0 saturated carbocycles. The molecule has 0 fully saturated rings. The van der Waals surface area contributed by atoms with Crippen LogP contribution in [0.15, 0.2) is 41.8 Å². The summed E-state index contributed by atoms with van der Waals surface area (Å²) >= 11 is 1.66. The van der Waals surface area contributed by atoms with Crippen LogP contribution in [0.2, 0.25) is 0 Å². The summed E-state index contributed by atoms with van der Waals surface area (Å²) < 4.78 is 5.42. The van der Waals surface area contributed by atoms with Crippen LogP contribution in [0.3, 0.4) is 0 Å². The molecule has 0 unspecified atom stereocenters. The molecular weight excluding hydrogens is 422 g/mol. The summed E-state index contributed by atoms with van der Waals surface area (Å²) in [6.45, 7) is 9.55. The quantitative estimate of drug-likeness (QED) is 0.412. The van der Waals surface area contributed by atoms with E-state index in [2.05, 4.69) is 30.6 Å². The SMILES string of the molecule is CCCCNC(=O)N(CCCOCC)CC(=O)N(Cc1ccccc1)Cc1sccc1C. The van der Waals surface area contributed by atoms with Gasteiger partial charge in [-0.1, -0.05) is 43.7 Å². The summed E-state index contributed by atoms with van der Waals surface area (Å²) in [5, 5.41) is 5.00. The van der Waals surface area contributed by atoms with Crippen molar-refractivity contribution in [1.29, 1.82) is 0 Å². The Morgan fingerprint density at radius 3 is 2.47 bits per heavy atom. The lowest BCUT2D eigenvalue weighted by molar-refractivity contribution is -0.133. The number of hydrogen-bond donors (Lipinski definition) is 1. The minimum absolute atomic E-state index is 0.0521. The number of rotatable bonds is 14. The normalized spacial score (nSPS) is 10.7. The van der Waals surface area contributed by atoms with E-state index in [0.717, 1.165) is 18.4 Å². The molecule has 7 heteroatoms. The molecule has 3 amide bonds. The van der Waals surface area contributed by atoms with Crippen LogP contribution in [-0.2, 0) is 22.6 Å². The highest BCUT2D eigenvalue weighted by molar-refractivity contribution is 7.10. The molecule has 0 radical (unpaired) electrons. The second kappa shape index (κ2) is 14.6. The van der Waals surface area contributed by atoms with E-state index in [1.165, 1.54) is 10.4 Å². The number of hydrogen-bond acceptors (Lipinski definition) is 4. The third kappa shape index (κ3) is 9.01. The van der Waals surface area contributed by atoms with Crippen molar-refractivity contribution in [3.8, 4) is 0 Å². The molecule has 0 bridgehead atoms. The minimum Gasteiger partial charge on any atom is -0.382 e. The zero-order chi connectivity index (χ0) is 23.2. The maximum absolute atomic E-state index is 13.4. The second-order valence-corrected chi connectivity index (χ2v) is 8.82. The summed E-state index contributed by atoms with van der Waals surface area (Å²) in [7, 11) is 0. The Balaban J connectivity index is 2.11. The van der Waals surface area contributed by atoms with Crippen molar-refractivity contribution in [1.82, 2.24) is 15.1 Å². The molecule has 1 N–H and O–H groups in total. The van der Waals surface area contributed by atoms with Crippen molar-refractivity contribution in [2.75, 3.05) is 32.8 Å². The van der Waals surface area contributed by atoms with Gasteiger partial charge in [-0.25, -0.2) is 4.79 Å². The van der Waals surface area contributed by atoms with E-state index in [0.29, 0.717) is 45.8 Å². The number of benzene rings is 1. The number of amides is 3. The van der Waals surface area contributed by atoms with Gasteiger partial charge in [0.2, 0.25) is 5.91 Å². The Morgan fingerprint density at radius 1 is 1.03 bits per heavy atom. The Kier molecular flexibility index (Phi) is 11.8. The first-order chi connectivity index (χ1) is 15.5. The molecule has 1 aromatic carbocycles. The third-order valence-electron chi connectivity index (χ3n) is 5.21. The number of carbonyl (C=O) groups excluding carboxylic acids is 2. The number of unbranched alkanes of at least 4 members (excludes halogenated alkanes) is 1. The molecule has 0 saturated heterocycles. The number of aryl methyl sites for hydroxylation is 1. The number of nitrogens with one attached hydrogen (secondary N) is 1. The first-order valence-electron chi connectivity index (χ1n) is 11.5. The van der Waals surface area contributed by atoms with Crippen molar-refractivity contribution < 1.29 is 14.3 Å². The van der Waals surface area contributed by atoms with Crippen LogP contribution in [0.4, 0.5) is 4.79 Å². The van der Waals surface area contributed by atoms with Crippen LogP contribution in [0, 0.1) is 6.92 Å². The van der Waals surface area contributed by atoms with Gasteiger partial charge in [0, 0.05) is 37.7 Å². The molecule has 2 rings (SSSR count). The first kappa shape index (κ1) is 25.9. The fourth-order valence-electron chi connectivity index (χ4n) is 3.28. The van der Waals surface area contributed by atoms with Crippen LogP contribution >= 0.6 is 11.3 Å². The van der Waals surface area contributed by atoms with Crippen molar-refractivity contribution in [3.63, 3.8) is 0 Å².